The SMILES string of the molecule is COC1CCN(C2C[C@@H]3CC2C[C@H]3c2cc(-c3cnc(N)c(OC(F)F)c3)nn2C(C)C)CC1. The van der Waals surface area contributed by atoms with Crippen molar-refractivity contribution in [2.24, 2.45) is 11.8 Å². The van der Waals surface area contributed by atoms with E-state index in [-0.39, 0.29) is 17.6 Å². The number of rotatable bonds is 7. The lowest BCUT2D eigenvalue weighted by Gasteiger charge is -2.40. The molecule has 2 bridgehead atoms. The molecule has 186 valence electrons. The standard InChI is InChI=1S/C25H35F2N5O2/c1-14(2)32-22(12-20(30-32)17-11-23(34-25(26)27)24(28)29-13-17)19-9-16-8-15(19)10-21(16)31-6-4-18(33-3)5-7-31/h11-16,18-19,21,25H,4-10H2,1-3H3,(H2,28,29)/t15-,16?,19+,21?/m0/s1. The van der Waals surface area contributed by atoms with Gasteiger partial charge in [-0.3, -0.25) is 9.58 Å². The van der Waals surface area contributed by atoms with E-state index in [0.717, 1.165) is 37.5 Å². The monoisotopic (exact) mass is 475 g/mol. The topological polar surface area (TPSA) is 78.4 Å². The van der Waals surface area contributed by atoms with Gasteiger partial charge in [0.2, 0.25) is 0 Å². The Balaban J connectivity index is 1.35. The first-order valence-corrected chi connectivity index (χ1v) is 12.4. The van der Waals surface area contributed by atoms with Crippen LogP contribution in [0.2, 0.25) is 0 Å². The Morgan fingerprint density at radius 1 is 1.09 bits per heavy atom. The second kappa shape index (κ2) is 9.41. The lowest BCUT2D eigenvalue weighted by atomic mass is 9.82. The van der Waals surface area contributed by atoms with E-state index in [2.05, 4.69) is 39.2 Å². The quantitative estimate of drug-likeness (QED) is 0.625. The maximum Gasteiger partial charge on any atom is 0.387 e. The summed E-state index contributed by atoms with van der Waals surface area (Å²) in [6.45, 7) is 3.58. The van der Waals surface area contributed by atoms with E-state index in [1.54, 1.807) is 6.20 Å². The number of methoxy groups -OCH3 is 1. The summed E-state index contributed by atoms with van der Waals surface area (Å²) >= 11 is 0. The fraction of sp³-hybridized carbons (Fsp3) is 0.680. The minimum atomic E-state index is -2.95. The second-order valence-electron chi connectivity index (χ2n) is 10.4. The summed E-state index contributed by atoms with van der Waals surface area (Å²) in [5.41, 5.74) is 8.31. The smallest absolute Gasteiger partial charge is 0.387 e. The average Bonchev–Trinajstić information content (AvgIpc) is 3.54. The summed E-state index contributed by atoms with van der Waals surface area (Å²) in [5, 5.41) is 4.85. The van der Waals surface area contributed by atoms with Crippen LogP contribution in [0.5, 0.6) is 5.75 Å². The highest BCUT2D eigenvalue weighted by Crippen LogP contribution is 2.55. The van der Waals surface area contributed by atoms with Crippen molar-refractivity contribution in [2.45, 2.75) is 76.7 Å². The molecule has 4 atom stereocenters. The molecule has 2 unspecified atom stereocenters. The van der Waals surface area contributed by atoms with E-state index < -0.39 is 6.61 Å². The van der Waals surface area contributed by atoms with E-state index in [1.807, 2.05) is 7.11 Å². The third-order valence-electron chi connectivity index (χ3n) is 8.13. The van der Waals surface area contributed by atoms with Crippen LogP contribution in [-0.4, -0.2) is 58.6 Å². The van der Waals surface area contributed by atoms with E-state index in [0.29, 0.717) is 29.5 Å². The maximum absolute atomic E-state index is 12.8. The number of hydrogen-bond acceptors (Lipinski definition) is 6. The zero-order valence-electron chi connectivity index (χ0n) is 20.2. The Morgan fingerprint density at radius 2 is 1.85 bits per heavy atom. The van der Waals surface area contributed by atoms with Crippen LogP contribution in [-0.2, 0) is 4.74 Å². The first kappa shape index (κ1) is 23.5. The number of likely N-dealkylation sites (tertiary alicyclic amines) is 1. The predicted octanol–water partition coefficient (Wildman–Crippen LogP) is 4.70. The van der Waals surface area contributed by atoms with E-state index in [4.69, 9.17) is 15.6 Å². The molecule has 1 aliphatic heterocycles. The number of piperidine rings is 1. The second-order valence-corrected chi connectivity index (χ2v) is 10.4. The number of alkyl halides is 2. The summed E-state index contributed by atoms with van der Waals surface area (Å²) in [6, 6.07) is 4.50. The van der Waals surface area contributed by atoms with Crippen molar-refractivity contribution in [1.82, 2.24) is 19.7 Å². The van der Waals surface area contributed by atoms with Crippen molar-refractivity contribution < 1.29 is 18.3 Å². The lowest BCUT2D eigenvalue weighted by Crippen LogP contribution is -2.46. The summed E-state index contributed by atoms with van der Waals surface area (Å²) in [6.07, 6.45) is 7.93. The van der Waals surface area contributed by atoms with Crippen molar-refractivity contribution in [2.75, 3.05) is 25.9 Å². The van der Waals surface area contributed by atoms with Gasteiger partial charge in [-0.2, -0.15) is 13.9 Å². The largest absolute Gasteiger partial charge is 0.431 e. The number of anilines is 1. The number of nitrogen functional groups attached to an aromatic ring is 1. The first-order valence-electron chi connectivity index (χ1n) is 12.4. The van der Waals surface area contributed by atoms with Gasteiger partial charge in [0.15, 0.2) is 11.6 Å². The minimum absolute atomic E-state index is 0.0544. The van der Waals surface area contributed by atoms with Gasteiger partial charge >= 0.3 is 6.61 Å². The zero-order chi connectivity index (χ0) is 24.0. The molecule has 2 aliphatic carbocycles. The van der Waals surface area contributed by atoms with Gasteiger partial charge in [-0.25, -0.2) is 4.98 Å². The maximum atomic E-state index is 12.8. The number of aromatic nitrogens is 3. The van der Waals surface area contributed by atoms with Crippen LogP contribution in [0.1, 0.15) is 63.6 Å². The molecule has 5 rings (SSSR count). The molecule has 3 heterocycles. The van der Waals surface area contributed by atoms with Crippen LogP contribution in [0, 0.1) is 11.8 Å². The highest BCUT2D eigenvalue weighted by Gasteiger charge is 2.49. The normalized spacial score (nSPS) is 27.9. The molecule has 0 radical (unpaired) electrons. The van der Waals surface area contributed by atoms with Gasteiger partial charge < -0.3 is 15.2 Å². The van der Waals surface area contributed by atoms with Gasteiger partial charge in [0.1, 0.15) is 0 Å². The molecule has 0 spiro atoms. The van der Waals surface area contributed by atoms with Crippen molar-refractivity contribution in [3.05, 3.63) is 24.0 Å². The Morgan fingerprint density at radius 3 is 2.47 bits per heavy atom. The third kappa shape index (κ3) is 4.40. The molecule has 2 saturated carbocycles. The molecule has 2 N–H and O–H groups in total. The highest BCUT2D eigenvalue weighted by molar-refractivity contribution is 5.64. The van der Waals surface area contributed by atoms with Gasteiger partial charge in [0.05, 0.1) is 11.8 Å². The van der Waals surface area contributed by atoms with Gasteiger partial charge in [-0.05, 0) is 69.9 Å². The summed E-state index contributed by atoms with van der Waals surface area (Å²) in [7, 11) is 1.82. The van der Waals surface area contributed by atoms with Crippen LogP contribution in [0.15, 0.2) is 18.3 Å². The molecular formula is C25H35F2N5O2. The van der Waals surface area contributed by atoms with E-state index >= 15 is 0 Å². The molecule has 9 heteroatoms. The van der Waals surface area contributed by atoms with Gasteiger partial charge in [0, 0.05) is 55.7 Å². The lowest BCUT2D eigenvalue weighted by molar-refractivity contribution is -0.0494. The van der Waals surface area contributed by atoms with Crippen molar-refractivity contribution >= 4 is 5.82 Å². The van der Waals surface area contributed by atoms with Crippen LogP contribution < -0.4 is 10.5 Å². The van der Waals surface area contributed by atoms with E-state index in [9.17, 15) is 8.78 Å². The summed E-state index contributed by atoms with van der Waals surface area (Å²) in [4.78, 5) is 6.76. The fourth-order valence-electron chi connectivity index (χ4n) is 6.52. The molecule has 34 heavy (non-hydrogen) atoms. The molecular weight excluding hydrogens is 440 g/mol. The molecule has 2 aromatic rings. The molecule has 0 amide bonds. The third-order valence-corrected chi connectivity index (χ3v) is 8.13. The van der Waals surface area contributed by atoms with Crippen molar-refractivity contribution in [3.63, 3.8) is 0 Å². The Kier molecular flexibility index (Phi) is 6.50. The number of pyridine rings is 1. The van der Waals surface area contributed by atoms with E-state index in [1.165, 1.54) is 31.0 Å². The van der Waals surface area contributed by atoms with Crippen LogP contribution in [0.4, 0.5) is 14.6 Å². The van der Waals surface area contributed by atoms with Crippen molar-refractivity contribution in [3.8, 4) is 17.0 Å². The predicted molar refractivity (Wildman–Crippen MR) is 126 cm³/mol. The number of nitrogens with two attached hydrogens (primary N) is 1. The average molecular weight is 476 g/mol. The number of hydrogen-bond donors (Lipinski definition) is 1. The number of fused-ring (bicyclic) bond motifs is 2. The van der Waals surface area contributed by atoms with Gasteiger partial charge in [-0.1, -0.05) is 0 Å². The fourth-order valence-corrected chi connectivity index (χ4v) is 6.52. The number of nitrogens with zero attached hydrogens (tertiary/aromatic N) is 4. The zero-order valence-corrected chi connectivity index (χ0v) is 20.2. The molecule has 1 saturated heterocycles. The van der Waals surface area contributed by atoms with Crippen LogP contribution in [0.3, 0.4) is 0 Å². The summed E-state index contributed by atoms with van der Waals surface area (Å²) in [5.74, 6) is 1.67. The Hall–Kier alpha value is -2.26. The molecule has 2 aromatic heterocycles. The molecule has 7 nitrogen and oxygen atoms in total. The molecule has 3 aliphatic rings. The number of ether oxygens (including phenoxy) is 2. The Bertz CT molecular complexity index is 1010. The molecule has 0 aromatic carbocycles. The first-order chi connectivity index (χ1) is 16.3. The van der Waals surface area contributed by atoms with Crippen LogP contribution >= 0.6 is 0 Å². The van der Waals surface area contributed by atoms with Gasteiger partial charge in [-0.15, -0.1) is 0 Å². The van der Waals surface area contributed by atoms with Crippen molar-refractivity contribution in [1.29, 1.82) is 0 Å². The van der Waals surface area contributed by atoms with Crippen LogP contribution in [0.25, 0.3) is 11.3 Å². The molecule has 3 fully saturated rings. The minimum Gasteiger partial charge on any atom is -0.431 e. The number of halogens is 2. The highest BCUT2D eigenvalue weighted by atomic mass is 19.3. The summed E-state index contributed by atoms with van der Waals surface area (Å²) < 4.78 is 37.7. The van der Waals surface area contributed by atoms with Gasteiger partial charge in [0.25, 0.3) is 0 Å². The Labute approximate surface area is 199 Å².